The van der Waals surface area contributed by atoms with Crippen molar-refractivity contribution in [3.8, 4) is 0 Å². The van der Waals surface area contributed by atoms with Crippen LogP contribution in [0.5, 0.6) is 0 Å². The van der Waals surface area contributed by atoms with Gasteiger partial charge in [0.1, 0.15) is 11.9 Å². The van der Waals surface area contributed by atoms with Crippen molar-refractivity contribution >= 4 is 11.8 Å². The third-order valence-corrected chi connectivity index (χ3v) is 5.89. The molecule has 2 atom stereocenters. The molecule has 0 amide bonds. The molecule has 0 radical (unpaired) electrons. The van der Waals surface area contributed by atoms with Crippen LogP contribution in [0, 0.1) is 5.92 Å². The monoisotopic (exact) mass is 446 g/mol. The fraction of sp³-hybridized carbons (Fsp3) is 0.810. The topological polar surface area (TPSA) is 68.6 Å². The first-order valence-electron chi connectivity index (χ1n) is 11.2. The number of hydrogen-bond donors (Lipinski definition) is 1. The molecule has 0 aromatic carbocycles. The molecule has 0 bridgehead atoms. The standard InChI is InChI=1S/C21H33F3N4O3/c1-3-4-9-31-15(2)13-25-18-12-19(29)27-8-5-17(21(22,23)24)28(20(27)26-18)14-16-6-10-30-11-7-16/h12,15-17,25H,3-11,13-14H2,1-2H3/t15-,17-/m0/s1. The largest absolute Gasteiger partial charge is 0.408 e. The predicted molar refractivity (Wildman–Crippen MR) is 113 cm³/mol. The first-order chi connectivity index (χ1) is 14.8. The Labute approximate surface area is 180 Å². The number of hydrogen-bond acceptors (Lipinski definition) is 6. The van der Waals surface area contributed by atoms with E-state index in [1.54, 1.807) is 0 Å². The molecule has 7 nitrogen and oxygen atoms in total. The van der Waals surface area contributed by atoms with E-state index in [1.165, 1.54) is 15.5 Å². The van der Waals surface area contributed by atoms with E-state index in [4.69, 9.17) is 9.47 Å². The van der Waals surface area contributed by atoms with Gasteiger partial charge in [0.15, 0.2) is 0 Å². The summed E-state index contributed by atoms with van der Waals surface area (Å²) in [7, 11) is 0. The zero-order valence-electron chi connectivity index (χ0n) is 18.3. The van der Waals surface area contributed by atoms with Crippen LogP contribution < -0.4 is 15.8 Å². The normalized spacial score (nSPS) is 21.1. The Bertz CT molecular complexity index is 765. The lowest BCUT2D eigenvalue weighted by Crippen LogP contribution is -2.54. The summed E-state index contributed by atoms with van der Waals surface area (Å²) in [6.45, 7) is 6.36. The van der Waals surface area contributed by atoms with E-state index in [1.807, 2.05) is 6.92 Å². The summed E-state index contributed by atoms with van der Waals surface area (Å²) in [5.74, 6) is 0.447. The highest BCUT2D eigenvalue weighted by Gasteiger charge is 2.47. The second-order valence-corrected chi connectivity index (χ2v) is 8.40. The molecule has 1 fully saturated rings. The van der Waals surface area contributed by atoms with E-state index in [-0.39, 0.29) is 48.9 Å². The number of nitrogens with one attached hydrogen (secondary N) is 1. The van der Waals surface area contributed by atoms with E-state index < -0.39 is 12.2 Å². The molecular formula is C21H33F3N4O3. The number of rotatable bonds is 9. The van der Waals surface area contributed by atoms with Crippen LogP contribution in [0.4, 0.5) is 24.9 Å². The van der Waals surface area contributed by atoms with Crippen LogP contribution in [0.15, 0.2) is 10.9 Å². The van der Waals surface area contributed by atoms with Crippen molar-refractivity contribution in [3.05, 3.63) is 16.4 Å². The molecule has 0 saturated carbocycles. The van der Waals surface area contributed by atoms with Crippen molar-refractivity contribution in [1.29, 1.82) is 0 Å². The molecule has 0 unspecified atom stereocenters. The summed E-state index contributed by atoms with van der Waals surface area (Å²) in [5, 5.41) is 3.06. The van der Waals surface area contributed by atoms with Gasteiger partial charge in [-0.05, 0) is 38.5 Å². The fourth-order valence-electron chi connectivity index (χ4n) is 4.05. The maximum absolute atomic E-state index is 13.8. The van der Waals surface area contributed by atoms with Gasteiger partial charge in [0, 0.05) is 45.5 Å². The summed E-state index contributed by atoms with van der Waals surface area (Å²) in [4.78, 5) is 18.4. The average molecular weight is 447 g/mol. The second kappa shape index (κ2) is 10.7. The van der Waals surface area contributed by atoms with Gasteiger partial charge in [0.05, 0.1) is 6.10 Å². The molecular weight excluding hydrogens is 413 g/mol. The van der Waals surface area contributed by atoms with Gasteiger partial charge in [-0.25, -0.2) is 0 Å². The molecule has 1 saturated heterocycles. The van der Waals surface area contributed by atoms with E-state index in [0.29, 0.717) is 39.2 Å². The molecule has 1 aromatic rings. The van der Waals surface area contributed by atoms with Crippen molar-refractivity contribution in [2.45, 2.75) is 70.8 Å². The molecule has 1 N–H and O–H groups in total. The average Bonchev–Trinajstić information content (AvgIpc) is 2.73. The number of anilines is 2. The SMILES string of the molecule is CCCCO[C@@H](C)CNc1cc(=O)n2c(n1)N(CC1CCOCC1)[C@H](C(F)(F)F)CC2. The number of unbranched alkanes of at least 4 members (excludes halogenated alkanes) is 1. The van der Waals surface area contributed by atoms with Crippen molar-refractivity contribution < 1.29 is 22.6 Å². The molecule has 2 aliphatic rings. The van der Waals surface area contributed by atoms with Crippen molar-refractivity contribution in [2.75, 3.05) is 43.1 Å². The summed E-state index contributed by atoms with van der Waals surface area (Å²) in [5.41, 5.74) is -0.343. The number of ether oxygens (including phenoxy) is 2. The summed E-state index contributed by atoms with van der Waals surface area (Å²) in [6.07, 6.45) is -1.25. The highest BCUT2D eigenvalue weighted by Crippen LogP contribution is 2.35. The zero-order valence-corrected chi connectivity index (χ0v) is 18.3. The van der Waals surface area contributed by atoms with Gasteiger partial charge in [0.25, 0.3) is 5.56 Å². The molecule has 10 heteroatoms. The van der Waals surface area contributed by atoms with Crippen LogP contribution >= 0.6 is 0 Å². The summed E-state index contributed by atoms with van der Waals surface area (Å²) in [6, 6.07) is -0.295. The predicted octanol–water partition coefficient (Wildman–Crippen LogP) is 3.43. The Hall–Kier alpha value is -1.81. The van der Waals surface area contributed by atoms with E-state index >= 15 is 0 Å². The van der Waals surface area contributed by atoms with Crippen LogP contribution in [0.25, 0.3) is 0 Å². The Morgan fingerprint density at radius 2 is 2.06 bits per heavy atom. The third kappa shape index (κ3) is 6.35. The quantitative estimate of drug-likeness (QED) is 0.587. The summed E-state index contributed by atoms with van der Waals surface area (Å²) < 4.78 is 53.9. The molecule has 3 heterocycles. The van der Waals surface area contributed by atoms with Gasteiger partial charge >= 0.3 is 6.18 Å². The van der Waals surface area contributed by atoms with Crippen LogP contribution in [0.1, 0.15) is 46.0 Å². The van der Waals surface area contributed by atoms with Crippen molar-refractivity contribution in [1.82, 2.24) is 9.55 Å². The Balaban J connectivity index is 1.80. The maximum Gasteiger partial charge on any atom is 0.408 e. The van der Waals surface area contributed by atoms with E-state index in [0.717, 1.165) is 12.8 Å². The van der Waals surface area contributed by atoms with Crippen LogP contribution in [-0.4, -0.2) is 60.8 Å². The minimum Gasteiger partial charge on any atom is -0.381 e. The Kier molecular flexibility index (Phi) is 8.21. The molecule has 0 aliphatic carbocycles. The number of alkyl halides is 3. The van der Waals surface area contributed by atoms with Crippen molar-refractivity contribution in [3.63, 3.8) is 0 Å². The Morgan fingerprint density at radius 1 is 1.32 bits per heavy atom. The van der Waals surface area contributed by atoms with Crippen LogP contribution in [-0.2, 0) is 16.0 Å². The lowest BCUT2D eigenvalue weighted by atomic mass is 9.98. The maximum atomic E-state index is 13.8. The van der Waals surface area contributed by atoms with Gasteiger partial charge in [-0.3, -0.25) is 9.36 Å². The third-order valence-electron chi connectivity index (χ3n) is 5.89. The minimum atomic E-state index is -4.39. The lowest BCUT2D eigenvalue weighted by molar-refractivity contribution is -0.153. The van der Waals surface area contributed by atoms with E-state index in [2.05, 4.69) is 17.2 Å². The van der Waals surface area contributed by atoms with Crippen LogP contribution in [0.3, 0.4) is 0 Å². The zero-order chi connectivity index (χ0) is 22.4. The molecule has 2 aliphatic heterocycles. The smallest absolute Gasteiger partial charge is 0.381 e. The Morgan fingerprint density at radius 3 is 2.74 bits per heavy atom. The second-order valence-electron chi connectivity index (χ2n) is 8.40. The summed E-state index contributed by atoms with van der Waals surface area (Å²) >= 11 is 0. The van der Waals surface area contributed by atoms with Gasteiger partial charge in [-0.1, -0.05) is 13.3 Å². The number of aromatic nitrogens is 2. The van der Waals surface area contributed by atoms with E-state index in [9.17, 15) is 18.0 Å². The first kappa shape index (κ1) is 23.8. The lowest BCUT2D eigenvalue weighted by Gasteiger charge is -2.41. The van der Waals surface area contributed by atoms with Gasteiger partial charge < -0.3 is 19.7 Å². The molecule has 3 rings (SSSR count). The molecule has 176 valence electrons. The van der Waals surface area contributed by atoms with Gasteiger partial charge in [0.2, 0.25) is 5.95 Å². The molecule has 0 spiro atoms. The fourth-order valence-corrected chi connectivity index (χ4v) is 4.05. The van der Waals surface area contributed by atoms with Gasteiger partial charge in [-0.15, -0.1) is 0 Å². The molecule has 31 heavy (non-hydrogen) atoms. The first-order valence-corrected chi connectivity index (χ1v) is 11.2. The van der Waals surface area contributed by atoms with Crippen molar-refractivity contribution in [2.24, 2.45) is 5.92 Å². The number of halogens is 3. The number of fused-ring (bicyclic) bond motifs is 1. The number of nitrogens with zero attached hydrogens (tertiary/aromatic N) is 3. The highest BCUT2D eigenvalue weighted by atomic mass is 19.4. The highest BCUT2D eigenvalue weighted by molar-refractivity contribution is 5.45. The van der Waals surface area contributed by atoms with Crippen LogP contribution in [0.2, 0.25) is 0 Å². The molecule has 1 aromatic heterocycles. The van der Waals surface area contributed by atoms with Gasteiger partial charge in [-0.2, -0.15) is 18.2 Å². The minimum absolute atomic E-state index is 0.00638.